The summed E-state index contributed by atoms with van der Waals surface area (Å²) in [6.45, 7) is 0. The second-order valence-electron chi connectivity index (χ2n) is 3.26. The third-order valence-electron chi connectivity index (χ3n) is 1.92. The van der Waals surface area contributed by atoms with E-state index in [1.165, 1.54) is 0 Å². The zero-order valence-corrected chi connectivity index (χ0v) is 13.8. The van der Waals surface area contributed by atoms with Crippen molar-refractivity contribution in [3.63, 3.8) is 0 Å². The summed E-state index contributed by atoms with van der Waals surface area (Å²) >= 11 is 6.09. The molecule has 1 atom stereocenters. The predicted molar refractivity (Wildman–Crippen MR) is 73.7 cm³/mol. The van der Waals surface area contributed by atoms with Crippen LogP contribution in [0.25, 0.3) is 0 Å². The molecule has 0 amide bonds. The van der Waals surface area contributed by atoms with Crippen molar-refractivity contribution in [1.29, 1.82) is 0 Å². The summed E-state index contributed by atoms with van der Waals surface area (Å²) in [5, 5.41) is 0. The maximum Gasteiger partial charge on any atom is 0.123 e. The third-order valence-corrected chi connectivity index (χ3v) is 5.48. The first-order chi connectivity index (χ1) is 8.16. The average Bonchev–Trinajstić information content (AvgIpc) is 2.30. The Bertz CT molecular complexity index is 477. The SMILES string of the molecule is [Mo].[O-]P(=S)(Oc1ccccc1)Sc1ccccc1. The van der Waals surface area contributed by atoms with Gasteiger partial charge in [0.25, 0.3) is 0 Å². The first kappa shape index (κ1) is 15.9. The van der Waals surface area contributed by atoms with Crippen LogP contribution in [0.1, 0.15) is 0 Å². The van der Waals surface area contributed by atoms with E-state index in [9.17, 15) is 4.89 Å². The number of benzene rings is 2. The van der Waals surface area contributed by atoms with Gasteiger partial charge in [-0.3, -0.25) is 0 Å². The summed E-state index contributed by atoms with van der Waals surface area (Å²) in [5.41, 5.74) is -3.14. The van der Waals surface area contributed by atoms with Crippen molar-refractivity contribution in [2.75, 3.05) is 0 Å². The zero-order valence-electron chi connectivity index (χ0n) is 9.26. The molecule has 0 aliphatic heterocycles. The standard InChI is InChI=1S/C12H11O2PS2.Mo/c13-15(16,14-11-7-3-1-4-8-11)17-12-9-5-2-6-10-12;/h1-10H,(H,13,16);/p-1. The Morgan fingerprint density at radius 3 is 2.00 bits per heavy atom. The fourth-order valence-corrected chi connectivity index (χ4v) is 4.74. The first-order valence-corrected chi connectivity index (χ1v) is 9.02. The fraction of sp³-hybridized carbons (Fsp3) is 0. The quantitative estimate of drug-likeness (QED) is 0.604. The predicted octanol–water partition coefficient (Wildman–Crippen LogP) is 3.44. The number of rotatable bonds is 4. The summed E-state index contributed by atoms with van der Waals surface area (Å²) < 4.78 is 5.34. The van der Waals surface area contributed by atoms with Gasteiger partial charge >= 0.3 is 0 Å². The molecule has 2 aromatic carbocycles. The Kier molecular flexibility index (Phi) is 6.62. The molecule has 6 heteroatoms. The Hall–Kier alpha value is -0.112. The van der Waals surface area contributed by atoms with Crippen molar-refractivity contribution >= 4 is 28.9 Å². The molecule has 0 saturated carbocycles. The molecule has 0 spiro atoms. The van der Waals surface area contributed by atoms with Gasteiger partial charge in [0.05, 0.1) is 0 Å². The van der Waals surface area contributed by atoms with E-state index in [-0.39, 0.29) is 21.1 Å². The van der Waals surface area contributed by atoms with E-state index in [1.807, 2.05) is 48.5 Å². The van der Waals surface area contributed by atoms with Gasteiger partial charge in [0.15, 0.2) is 0 Å². The second-order valence-corrected chi connectivity index (χ2v) is 9.11. The van der Waals surface area contributed by atoms with Crippen molar-refractivity contribution in [2.45, 2.75) is 4.90 Å². The van der Waals surface area contributed by atoms with Gasteiger partial charge in [-0.25, -0.2) is 0 Å². The van der Waals surface area contributed by atoms with Gasteiger partial charge in [-0.05, 0) is 24.3 Å². The van der Waals surface area contributed by atoms with Crippen LogP contribution < -0.4 is 9.42 Å². The van der Waals surface area contributed by atoms with Crippen LogP contribution in [-0.2, 0) is 32.9 Å². The van der Waals surface area contributed by atoms with Crippen LogP contribution in [0.15, 0.2) is 65.6 Å². The molecule has 18 heavy (non-hydrogen) atoms. The molecular weight excluding hydrogens is 367 g/mol. The van der Waals surface area contributed by atoms with Crippen LogP contribution in [-0.4, -0.2) is 0 Å². The summed E-state index contributed by atoms with van der Waals surface area (Å²) in [4.78, 5) is 13.0. The van der Waals surface area contributed by atoms with Gasteiger partial charge in [0.2, 0.25) is 0 Å². The number of hydrogen-bond donors (Lipinski definition) is 0. The van der Waals surface area contributed by atoms with Gasteiger partial charge in [-0.1, -0.05) is 59.6 Å². The molecule has 94 valence electrons. The number of para-hydroxylation sites is 1. The summed E-state index contributed by atoms with van der Waals surface area (Å²) in [6, 6.07) is 18.4. The fourth-order valence-electron chi connectivity index (χ4n) is 1.24. The van der Waals surface area contributed by atoms with E-state index in [2.05, 4.69) is 0 Å². The molecule has 2 aromatic rings. The third kappa shape index (κ3) is 5.25. The van der Waals surface area contributed by atoms with E-state index >= 15 is 0 Å². The van der Waals surface area contributed by atoms with Crippen molar-refractivity contribution < 1.29 is 30.5 Å². The van der Waals surface area contributed by atoms with E-state index in [1.54, 1.807) is 12.1 Å². The first-order valence-electron chi connectivity index (χ1n) is 4.96. The Balaban J connectivity index is 0.00000162. The maximum atomic E-state index is 12.1. The van der Waals surface area contributed by atoms with Crippen LogP contribution in [0.2, 0.25) is 0 Å². The average molecular weight is 377 g/mol. The topological polar surface area (TPSA) is 32.3 Å². The minimum absolute atomic E-state index is 0. The summed E-state index contributed by atoms with van der Waals surface area (Å²) in [6.07, 6.45) is 0. The van der Waals surface area contributed by atoms with Gasteiger partial charge in [0.1, 0.15) is 11.4 Å². The summed E-state index contributed by atoms with van der Waals surface area (Å²) in [7, 11) is 0. The van der Waals surface area contributed by atoms with Crippen molar-refractivity contribution in [1.82, 2.24) is 0 Å². The summed E-state index contributed by atoms with van der Waals surface area (Å²) in [5.74, 6) is 0.536. The van der Waals surface area contributed by atoms with Crippen molar-refractivity contribution in [3.05, 3.63) is 60.7 Å². The second kappa shape index (κ2) is 7.47. The number of hydrogen-bond acceptors (Lipinski definition) is 4. The van der Waals surface area contributed by atoms with Gasteiger partial charge in [-0.15, -0.1) is 0 Å². The molecule has 2 nitrogen and oxygen atoms in total. The molecule has 0 aromatic heterocycles. The van der Waals surface area contributed by atoms with Crippen LogP contribution in [0.3, 0.4) is 0 Å². The molecule has 0 aliphatic carbocycles. The zero-order chi connectivity index (χ0) is 12.1. The van der Waals surface area contributed by atoms with Gasteiger partial charge < -0.3 is 9.42 Å². The van der Waals surface area contributed by atoms with Crippen LogP contribution in [0.5, 0.6) is 5.75 Å². The molecule has 0 heterocycles. The van der Waals surface area contributed by atoms with Crippen LogP contribution >= 0.6 is 17.1 Å². The molecule has 0 radical (unpaired) electrons. The Morgan fingerprint density at radius 1 is 0.944 bits per heavy atom. The van der Waals surface area contributed by atoms with E-state index in [4.69, 9.17) is 16.3 Å². The maximum absolute atomic E-state index is 12.1. The molecule has 0 bridgehead atoms. The molecule has 0 N–H and O–H groups in total. The van der Waals surface area contributed by atoms with Crippen LogP contribution in [0, 0.1) is 0 Å². The normalized spacial score (nSPS) is 13.2. The smallest absolute Gasteiger partial charge is 0.123 e. The van der Waals surface area contributed by atoms with Gasteiger partial charge in [0, 0.05) is 26.0 Å². The Morgan fingerprint density at radius 2 is 1.44 bits per heavy atom. The van der Waals surface area contributed by atoms with Crippen molar-refractivity contribution in [3.8, 4) is 5.75 Å². The van der Waals surface area contributed by atoms with Gasteiger partial charge in [-0.2, -0.15) is 0 Å². The molecule has 0 saturated heterocycles. The van der Waals surface area contributed by atoms with E-state index in [0.717, 1.165) is 16.3 Å². The Labute approximate surface area is 130 Å². The molecule has 2 rings (SSSR count). The monoisotopic (exact) mass is 379 g/mol. The van der Waals surface area contributed by atoms with E-state index < -0.39 is 5.69 Å². The molecule has 1 unspecified atom stereocenters. The largest absolute Gasteiger partial charge is 0.783 e. The molecular formula is C12H10MoO2PS2-. The molecule has 0 fully saturated rings. The molecule has 0 aliphatic rings. The minimum Gasteiger partial charge on any atom is -0.783 e. The van der Waals surface area contributed by atoms with Crippen LogP contribution in [0.4, 0.5) is 0 Å². The van der Waals surface area contributed by atoms with E-state index in [0.29, 0.717) is 5.75 Å². The minimum atomic E-state index is -3.14. The van der Waals surface area contributed by atoms with Crippen molar-refractivity contribution in [2.24, 2.45) is 0 Å².